The third kappa shape index (κ3) is 4.53. The Kier molecular flexibility index (Phi) is 5.81. The van der Waals surface area contributed by atoms with E-state index in [-0.39, 0.29) is 56.3 Å². The van der Waals surface area contributed by atoms with Gasteiger partial charge in [0.1, 0.15) is 17.1 Å². The number of furan rings is 1. The summed E-state index contributed by atoms with van der Waals surface area (Å²) in [6.45, 7) is -0.246. The number of pyridine rings is 1. The maximum Gasteiger partial charge on any atom is 0.449 e. The Hall–Kier alpha value is -4.92. The maximum atomic E-state index is 15.2. The van der Waals surface area contributed by atoms with Crippen LogP contribution in [0.15, 0.2) is 64.1 Å². The molecule has 0 unspecified atom stereocenters. The smallest absolute Gasteiger partial charge is 0.449 e. The summed E-state index contributed by atoms with van der Waals surface area (Å²) in [5, 5.41) is 0.206. The quantitative estimate of drug-likeness (QED) is 0.253. The summed E-state index contributed by atoms with van der Waals surface area (Å²) in [6.07, 6.45) is -1.36. The molecule has 210 valence electrons. The van der Waals surface area contributed by atoms with Gasteiger partial charge in [0.2, 0.25) is 15.8 Å². The van der Waals surface area contributed by atoms with E-state index in [0.717, 1.165) is 12.3 Å². The number of alkyl halides is 3. The van der Waals surface area contributed by atoms with Crippen molar-refractivity contribution in [1.82, 2.24) is 24.2 Å². The minimum Gasteiger partial charge on any atom is -0.463 e. The van der Waals surface area contributed by atoms with E-state index in [1.165, 1.54) is 53.4 Å². The molecule has 4 heterocycles. The van der Waals surface area contributed by atoms with Crippen LogP contribution in [0.5, 0.6) is 0 Å². The largest absolute Gasteiger partial charge is 0.463 e. The molecule has 6 rings (SSSR count). The number of hydrogen-bond donors (Lipinski definition) is 3. The van der Waals surface area contributed by atoms with Gasteiger partial charge in [-0.15, -0.1) is 0 Å². The number of hydrogen-bond acceptors (Lipinski definition) is 6. The molecule has 0 atom stereocenters. The lowest BCUT2D eigenvalue weighted by Gasteiger charge is -2.12. The SMILES string of the molecule is CS(=O)(=O)NC(=O)c1c(-c2ccc[nH]c2=O)c2c3occc3c(F)cc2n1Cc1ccc2[nH]c(C(F)(F)F)nc2c1. The number of amides is 1. The number of benzene rings is 2. The highest BCUT2D eigenvalue weighted by Gasteiger charge is 2.35. The van der Waals surface area contributed by atoms with E-state index >= 15 is 4.39 Å². The average Bonchev–Trinajstić information content (AvgIpc) is 3.59. The summed E-state index contributed by atoms with van der Waals surface area (Å²) < 4.78 is 87.7. The van der Waals surface area contributed by atoms with Gasteiger partial charge in [-0.3, -0.25) is 9.59 Å². The number of sulfonamides is 1. The van der Waals surface area contributed by atoms with Crippen molar-refractivity contribution in [3.63, 3.8) is 0 Å². The number of aromatic amines is 2. The van der Waals surface area contributed by atoms with E-state index in [4.69, 9.17) is 4.42 Å². The number of nitrogens with zero attached hydrogens (tertiary/aromatic N) is 2. The Morgan fingerprint density at radius 3 is 2.66 bits per heavy atom. The number of aromatic nitrogens is 4. The lowest BCUT2D eigenvalue weighted by atomic mass is 10.0. The molecule has 0 aliphatic heterocycles. The minimum atomic E-state index is -4.71. The zero-order valence-corrected chi connectivity index (χ0v) is 21.6. The number of imidazole rings is 1. The van der Waals surface area contributed by atoms with Gasteiger partial charge < -0.3 is 19.0 Å². The molecular formula is C26H17F4N5O5S. The molecule has 1 amide bonds. The van der Waals surface area contributed by atoms with Crippen LogP contribution in [-0.4, -0.2) is 40.1 Å². The molecule has 6 aromatic rings. The first-order chi connectivity index (χ1) is 19.3. The van der Waals surface area contributed by atoms with Gasteiger partial charge in [0, 0.05) is 18.3 Å². The first kappa shape index (κ1) is 26.3. The van der Waals surface area contributed by atoms with Crippen molar-refractivity contribution in [3.05, 3.63) is 88.2 Å². The van der Waals surface area contributed by atoms with E-state index in [0.29, 0.717) is 5.56 Å². The maximum absolute atomic E-state index is 15.2. The summed E-state index contributed by atoms with van der Waals surface area (Å²) in [6, 6.07) is 9.55. The van der Waals surface area contributed by atoms with Gasteiger partial charge in [-0.25, -0.2) is 22.5 Å². The van der Waals surface area contributed by atoms with Gasteiger partial charge in [0.25, 0.3) is 11.5 Å². The van der Waals surface area contributed by atoms with Crippen LogP contribution in [0, 0.1) is 5.82 Å². The number of halogens is 4. The number of carbonyl (C=O) groups excluding carboxylic acids is 1. The van der Waals surface area contributed by atoms with Crippen LogP contribution < -0.4 is 10.3 Å². The van der Waals surface area contributed by atoms with Crippen molar-refractivity contribution in [2.24, 2.45) is 0 Å². The van der Waals surface area contributed by atoms with Crippen LogP contribution >= 0.6 is 0 Å². The molecule has 0 bridgehead atoms. The van der Waals surface area contributed by atoms with Crippen LogP contribution in [0.2, 0.25) is 0 Å². The number of rotatable bonds is 5. The van der Waals surface area contributed by atoms with Gasteiger partial charge in [-0.05, 0) is 42.0 Å². The topological polar surface area (TPSA) is 143 Å². The van der Waals surface area contributed by atoms with E-state index in [2.05, 4.69) is 15.0 Å². The van der Waals surface area contributed by atoms with Crippen LogP contribution in [0.25, 0.3) is 44.0 Å². The third-order valence-corrected chi connectivity index (χ3v) is 7.01. The minimum absolute atomic E-state index is 0.00276. The molecule has 0 saturated heterocycles. The molecule has 2 aromatic carbocycles. The molecule has 0 saturated carbocycles. The first-order valence-electron chi connectivity index (χ1n) is 11.8. The fraction of sp³-hybridized carbons (Fsp3) is 0.115. The van der Waals surface area contributed by atoms with Crippen molar-refractivity contribution in [3.8, 4) is 11.1 Å². The molecule has 0 radical (unpaired) electrons. The highest BCUT2D eigenvalue weighted by molar-refractivity contribution is 7.89. The highest BCUT2D eigenvalue weighted by Crippen LogP contribution is 2.40. The number of fused-ring (bicyclic) bond motifs is 4. The van der Waals surface area contributed by atoms with Gasteiger partial charge in [0.05, 0.1) is 45.4 Å². The normalized spacial score (nSPS) is 12.5. The average molecular weight is 588 g/mol. The van der Waals surface area contributed by atoms with Crippen molar-refractivity contribution < 1.29 is 35.2 Å². The molecule has 15 heteroatoms. The zero-order chi connectivity index (χ0) is 29.3. The zero-order valence-electron chi connectivity index (χ0n) is 20.8. The first-order valence-corrected chi connectivity index (χ1v) is 13.7. The van der Waals surface area contributed by atoms with Gasteiger partial charge >= 0.3 is 6.18 Å². The van der Waals surface area contributed by atoms with E-state index in [9.17, 15) is 31.2 Å². The Morgan fingerprint density at radius 1 is 1.17 bits per heavy atom. The van der Waals surface area contributed by atoms with Crippen LogP contribution in [0.3, 0.4) is 0 Å². The van der Waals surface area contributed by atoms with Crippen LogP contribution in [0.1, 0.15) is 21.9 Å². The standard InChI is InChI=1S/C26H17F4N5O5S/c1-41(38,39)34-24(37)21-19(14-3-2-7-31-23(14)36)20-18(10-15(27)13-6-8-40-22(13)20)35(21)11-12-4-5-16-17(9-12)33-25(32-16)26(28,29)30/h2-10H,11H2,1H3,(H,31,36)(H,32,33)(H,34,37). The van der Waals surface area contributed by atoms with Crippen molar-refractivity contribution in [2.75, 3.05) is 6.26 Å². The van der Waals surface area contributed by atoms with Gasteiger partial charge in [0.15, 0.2) is 0 Å². The summed E-state index contributed by atoms with van der Waals surface area (Å²) in [4.78, 5) is 34.8. The Balaban J connectivity index is 1.68. The monoisotopic (exact) mass is 587 g/mol. The summed E-state index contributed by atoms with van der Waals surface area (Å²) in [5.41, 5.74) is -0.495. The predicted octanol–water partition coefficient (Wildman–Crippen LogP) is 4.51. The lowest BCUT2D eigenvalue weighted by Crippen LogP contribution is -2.31. The van der Waals surface area contributed by atoms with Crippen LogP contribution in [-0.2, 0) is 22.7 Å². The fourth-order valence-electron chi connectivity index (χ4n) is 4.87. The fourth-order valence-corrected chi connectivity index (χ4v) is 5.30. The van der Waals surface area contributed by atoms with Crippen molar-refractivity contribution in [1.29, 1.82) is 0 Å². The van der Waals surface area contributed by atoms with Crippen molar-refractivity contribution >= 4 is 48.8 Å². The summed E-state index contributed by atoms with van der Waals surface area (Å²) in [5.74, 6) is -3.04. The molecular weight excluding hydrogens is 570 g/mol. The molecule has 4 aromatic heterocycles. The third-order valence-electron chi connectivity index (χ3n) is 6.45. The van der Waals surface area contributed by atoms with Gasteiger partial charge in [-0.1, -0.05) is 6.07 Å². The second kappa shape index (κ2) is 9.05. The van der Waals surface area contributed by atoms with Gasteiger partial charge in [-0.2, -0.15) is 13.2 Å². The summed E-state index contributed by atoms with van der Waals surface area (Å²) >= 11 is 0. The number of nitrogens with one attached hydrogen (secondary N) is 3. The second-order valence-corrected chi connectivity index (χ2v) is 11.0. The van der Waals surface area contributed by atoms with E-state index in [1.807, 2.05) is 4.72 Å². The van der Waals surface area contributed by atoms with Crippen LogP contribution in [0.4, 0.5) is 17.6 Å². The van der Waals surface area contributed by atoms with E-state index < -0.39 is 39.3 Å². The predicted molar refractivity (Wildman–Crippen MR) is 140 cm³/mol. The molecule has 3 N–H and O–H groups in total. The Bertz CT molecular complexity index is 2190. The molecule has 0 aliphatic carbocycles. The molecule has 41 heavy (non-hydrogen) atoms. The van der Waals surface area contributed by atoms with E-state index in [1.54, 1.807) is 0 Å². The van der Waals surface area contributed by atoms with Crippen molar-refractivity contribution in [2.45, 2.75) is 12.7 Å². The molecule has 10 nitrogen and oxygen atoms in total. The molecule has 0 fully saturated rings. The lowest BCUT2D eigenvalue weighted by molar-refractivity contribution is -0.144. The Morgan fingerprint density at radius 2 is 1.95 bits per heavy atom. The summed E-state index contributed by atoms with van der Waals surface area (Å²) in [7, 11) is -4.10. The second-order valence-electron chi connectivity index (χ2n) is 9.28. The molecule has 0 spiro atoms. The molecule has 0 aliphatic rings. The number of carbonyl (C=O) groups is 1. The number of H-pyrrole nitrogens is 2. The highest BCUT2D eigenvalue weighted by atomic mass is 32.2. The Labute approximate surface area is 226 Å².